The minimum atomic E-state index is -0.0358. The Hall–Kier alpha value is -2.22. The highest BCUT2D eigenvalue weighted by atomic mass is 16.5. The minimum absolute atomic E-state index is 0.0358. The number of rotatable bonds is 7. The number of ether oxygens (including phenoxy) is 2. The van der Waals surface area contributed by atoms with Crippen molar-refractivity contribution in [1.82, 2.24) is 4.90 Å². The summed E-state index contributed by atoms with van der Waals surface area (Å²) in [5, 5.41) is 8.48. The molecule has 0 fully saturated rings. The summed E-state index contributed by atoms with van der Waals surface area (Å²) in [5.41, 5.74) is 1.08. The molecule has 1 rings (SSSR count). The van der Waals surface area contributed by atoms with Crippen LogP contribution in [0.3, 0.4) is 0 Å². The summed E-state index contributed by atoms with van der Waals surface area (Å²) in [5.74, 6) is 1.26. The molecule has 0 bridgehead atoms. The molecule has 0 radical (unpaired) electrons. The van der Waals surface area contributed by atoms with Crippen LogP contribution < -0.4 is 9.47 Å². The molecule has 0 saturated carbocycles. The van der Waals surface area contributed by atoms with E-state index >= 15 is 0 Å². The van der Waals surface area contributed by atoms with Crippen molar-refractivity contribution in [1.29, 1.82) is 5.26 Å². The molecule has 0 aromatic heterocycles. The van der Waals surface area contributed by atoms with Gasteiger partial charge in [-0.3, -0.25) is 4.79 Å². The van der Waals surface area contributed by atoms with E-state index in [-0.39, 0.29) is 18.9 Å². The van der Waals surface area contributed by atoms with Gasteiger partial charge in [0.05, 0.1) is 32.6 Å². The Morgan fingerprint density at radius 1 is 1.40 bits per heavy atom. The van der Waals surface area contributed by atoms with Gasteiger partial charge in [-0.15, -0.1) is 0 Å². The zero-order valence-corrected chi connectivity index (χ0v) is 12.2. The van der Waals surface area contributed by atoms with Crippen molar-refractivity contribution in [2.45, 2.75) is 19.8 Å². The van der Waals surface area contributed by atoms with E-state index in [1.165, 1.54) is 0 Å². The lowest BCUT2D eigenvalue weighted by atomic mass is 10.2. The first-order valence-corrected chi connectivity index (χ1v) is 6.47. The fourth-order valence-electron chi connectivity index (χ4n) is 1.68. The van der Waals surface area contributed by atoms with Crippen LogP contribution in [-0.4, -0.2) is 38.1 Å². The van der Waals surface area contributed by atoms with Gasteiger partial charge in [-0.2, -0.15) is 5.26 Å². The molecule has 0 heterocycles. The van der Waals surface area contributed by atoms with Crippen molar-refractivity contribution in [3.63, 3.8) is 0 Å². The molecule has 0 N–H and O–H groups in total. The van der Waals surface area contributed by atoms with Gasteiger partial charge >= 0.3 is 0 Å². The van der Waals surface area contributed by atoms with E-state index in [4.69, 9.17) is 14.7 Å². The van der Waals surface area contributed by atoms with Gasteiger partial charge in [0.2, 0.25) is 5.91 Å². The molecule has 0 unspecified atom stereocenters. The summed E-state index contributed by atoms with van der Waals surface area (Å²) >= 11 is 0. The highest BCUT2D eigenvalue weighted by molar-refractivity contribution is 5.76. The van der Waals surface area contributed by atoms with Crippen molar-refractivity contribution in [3.05, 3.63) is 23.8 Å². The first-order chi connectivity index (χ1) is 9.58. The van der Waals surface area contributed by atoms with E-state index in [0.717, 1.165) is 5.56 Å². The molecule has 0 aliphatic rings. The number of amides is 1. The fraction of sp³-hybridized carbons (Fsp3) is 0.467. The Bertz CT molecular complexity index is 494. The topological polar surface area (TPSA) is 62.6 Å². The molecule has 1 aromatic rings. The van der Waals surface area contributed by atoms with Crippen LogP contribution in [0, 0.1) is 18.3 Å². The van der Waals surface area contributed by atoms with Crippen LogP contribution in [0.4, 0.5) is 0 Å². The number of hydrogen-bond donors (Lipinski definition) is 0. The predicted octanol–water partition coefficient (Wildman–Crippen LogP) is 2.14. The summed E-state index contributed by atoms with van der Waals surface area (Å²) in [7, 11) is 3.27. The maximum Gasteiger partial charge on any atom is 0.225 e. The van der Waals surface area contributed by atoms with Gasteiger partial charge in [-0.05, 0) is 24.6 Å². The molecule has 5 nitrogen and oxygen atoms in total. The quantitative estimate of drug-likeness (QED) is 0.765. The monoisotopic (exact) mass is 276 g/mol. The van der Waals surface area contributed by atoms with Gasteiger partial charge in [-0.25, -0.2) is 0 Å². The Kier molecular flexibility index (Phi) is 6.38. The van der Waals surface area contributed by atoms with Gasteiger partial charge in [0, 0.05) is 13.6 Å². The lowest BCUT2D eigenvalue weighted by molar-refractivity contribution is -0.130. The van der Waals surface area contributed by atoms with Crippen molar-refractivity contribution < 1.29 is 14.3 Å². The Labute approximate surface area is 119 Å². The van der Waals surface area contributed by atoms with Crippen LogP contribution in [0.15, 0.2) is 18.2 Å². The van der Waals surface area contributed by atoms with E-state index < -0.39 is 0 Å². The standard InChI is InChI=1S/C15H20N2O3/c1-12-5-6-13(14(11-12)19-3)20-10-7-15(18)17(2)9-4-8-16/h5-6,11H,4,7,9-10H2,1-3H3. The molecule has 0 spiro atoms. The molecule has 0 aliphatic heterocycles. The van der Waals surface area contributed by atoms with E-state index in [2.05, 4.69) is 0 Å². The molecule has 20 heavy (non-hydrogen) atoms. The van der Waals surface area contributed by atoms with Crippen LogP contribution in [0.2, 0.25) is 0 Å². The second kappa shape index (κ2) is 8.05. The van der Waals surface area contributed by atoms with Crippen LogP contribution in [0.25, 0.3) is 0 Å². The van der Waals surface area contributed by atoms with Crippen molar-refractivity contribution in [2.75, 3.05) is 27.3 Å². The summed E-state index contributed by atoms with van der Waals surface area (Å²) in [6, 6.07) is 7.66. The Morgan fingerprint density at radius 3 is 2.80 bits per heavy atom. The average Bonchev–Trinajstić information content (AvgIpc) is 2.45. The van der Waals surface area contributed by atoms with Crippen LogP contribution in [0.1, 0.15) is 18.4 Å². The van der Waals surface area contributed by atoms with E-state index in [0.29, 0.717) is 24.5 Å². The van der Waals surface area contributed by atoms with Crippen LogP contribution in [0.5, 0.6) is 11.5 Å². The van der Waals surface area contributed by atoms with E-state index in [1.54, 1.807) is 19.1 Å². The first kappa shape index (κ1) is 15.8. The van der Waals surface area contributed by atoms with Crippen molar-refractivity contribution >= 4 is 5.91 Å². The number of hydrogen-bond acceptors (Lipinski definition) is 4. The summed E-state index contributed by atoms with van der Waals surface area (Å²) in [6.07, 6.45) is 0.619. The maximum absolute atomic E-state index is 11.8. The predicted molar refractivity (Wildman–Crippen MR) is 75.7 cm³/mol. The first-order valence-electron chi connectivity index (χ1n) is 6.47. The molecule has 1 aromatic carbocycles. The third kappa shape index (κ3) is 4.81. The third-order valence-corrected chi connectivity index (χ3v) is 2.88. The van der Waals surface area contributed by atoms with E-state index in [1.807, 2.05) is 31.2 Å². The Morgan fingerprint density at radius 2 is 2.15 bits per heavy atom. The second-order valence-corrected chi connectivity index (χ2v) is 4.48. The van der Waals surface area contributed by atoms with Crippen LogP contribution in [-0.2, 0) is 4.79 Å². The zero-order valence-electron chi connectivity index (χ0n) is 12.2. The lowest BCUT2D eigenvalue weighted by Crippen LogP contribution is -2.28. The van der Waals surface area contributed by atoms with Gasteiger partial charge < -0.3 is 14.4 Å². The van der Waals surface area contributed by atoms with Gasteiger partial charge in [-0.1, -0.05) is 6.07 Å². The molecule has 0 atom stereocenters. The minimum Gasteiger partial charge on any atom is -0.493 e. The normalized spacial score (nSPS) is 9.70. The SMILES string of the molecule is COc1cc(C)ccc1OCCC(=O)N(C)CCC#N. The smallest absolute Gasteiger partial charge is 0.225 e. The summed E-state index contributed by atoms with van der Waals surface area (Å²) in [6.45, 7) is 2.71. The lowest BCUT2D eigenvalue weighted by Gasteiger charge is -2.16. The molecule has 0 aliphatic carbocycles. The number of nitrogens with zero attached hydrogens (tertiary/aromatic N) is 2. The molecule has 0 saturated heterocycles. The number of carbonyl (C=O) groups excluding carboxylic acids is 1. The zero-order chi connectivity index (χ0) is 15.0. The molecular formula is C15H20N2O3. The van der Waals surface area contributed by atoms with E-state index in [9.17, 15) is 4.79 Å². The summed E-state index contributed by atoms with van der Waals surface area (Å²) < 4.78 is 10.8. The van der Waals surface area contributed by atoms with Gasteiger partial charge in [0.25, 0.3) is 0 Å². The Balaban J connectivity index is 2.45. The molecule has 5 heteroatoms. The molecule has 108 valence electrons. The van der Waals surface area contributed by atoms with Crippen molar-refractivity contribution in [3.8, 4) is 17.6 Å². The fourth-order valence-corrected chi connectivity index (χ4v) is 1.68. The number of nitriles is 1. The highest BCUT2D eigenvalue weighted by Crippen LogP contribution is 2.27. The largest absolute Gasteiger partial charge is 0.493 e. The average molecular weight is 276 g/mol. The second-order valence-electron chi connectivity index (χ2n) is 4.48. The maximum atomic E-state index is 11.8. The molecular weight excluding hydrogens is 256 g/mol. The number of aryl methyl sites for hydroxylation is 1. The van der Waals surface area contributed by atoms with Crippen LogP contribution >= 0.6 is 0 Å². The number of benzene rings is 1. The van der Waals surface area contributed by atoms with Gasteiger partial charge in [0.15, 0.2) is 11.5 Å². The number of carbonyl (C=O) groups is 1. The molecule has 1 amide bonds. The van der Waals surface area contributed by atoms with Crippen molar-refractivity contribution in [2.24, 2.45) is 0 Å². The highest BCUT2D eigenvalue weighted by Gasteiger charge is 2.10. The number of methoxy groups -OCH3 is 1. The third-order valence-electron chi connectivity index (χ3n) is 2.88. The van der Waals surface area contributed by atoms with Gasteiger partial charge in [0.1, 0.15) is 0 Å². The summed E-state index contributed by atoms with van der Waals surface area (Å²) in [4.78, 5) is 13.3.